The lowest BCUT2D eigenvalue weighted by molar-refractivity contribution is 1.11. The summed E-state index contributed by atoms with van der Waals surface area (Å²) in [5.41, 5.74) is 1.99. The van der Waals surface area contributed by atoms with Gasteiger partial charge >= 0.3 is 0 Å². The van der Waals surface area contributed by atoms with Crippen molar-refractivity contribution in [3.8, 4) is 6.07 Å². The molecule has 0 fully saturated rings. The number of aryl methyl sites for hydroxylation is 1. The Kier molecular flexibility index (Phi) is 3.39. The highest BCUT2D eigenvalue weighted by Crippen LogP contribution is 2.26. The number of rotatable bonds is 2. The van der Waals surface area contributed by atoms with E-state index in [1.54, 1.807) is 11.8 Å². The summed E-state index contributed by atoms with van der Waals surface area (Å²) >= 11 is 1.74. The summed E-state index contributed by atoms with van der Waals surface area (Å²) in [5, 5.41) is 9.38. The number of thioether (sulfide) groups is 1. The molecular weight excluding hydrogens is 178 g/mol. The molecule has 0 aromatic heterocycles. The maximum atomic E-state index is 8.86. The van der Waals surface area contributed by atoms with Gasteiger partial charge in [-0.1, -0.05) is 19.9 Å². The molecule has 68 valence electrons. The molecule has 0 saturated carbocycles. The zero-order valence-electron chi connectivity index (χ0n) is 8.16. The van der Waals surface area contributed by atoms with E-state index in [4.69, 9.17) is 5.26 Å². The van der Waals surface area contributed by atoms with Gasteiger partial charge < -0.3 is 0 Å². The molecule has 1 aromatic rings. The Balaban J connectivity index is 3.03. The normalized spacial score (nSPS) is 10.1. The van der Waals surface area contributed by atoms with E-state index in [-0.39, 0.29) is 0 Å². The van der Waals surface area contributed by atoms with Crippen molar-refractivity contribution < 1.29 is 0 Å². The van der Waals surface area contributed by atoms with Crippen molar-refractivity contribution in [2.45, 2.75) is 30.9 Å². The van der Waals surface area contributed by atoms with Crippen molar-refractivity contribution in [3.63, 3.8) is 0 Å². The van der Waals surface area contributed by atoms with Gasteiger partial charge in [0.1, 0.15) is 6.07 Å². The Labute approximate surface area is 83.8 Å². The first kappa shape index (κ1) is 10.1. The average Bonchev–Trinajstić information content (AvgIpc) is 2.03. The van der Waals surface area contributed by atoms with Crippen molar-refractivity contribution in [1.29, 1.82) is 5.26 Å². The minimum absolute atomic E-state index is 0.522. The maximum Gasteiger partial charge on any atom is 0.100 e. The zero-order chi connectivity index (χ0) is 9.84. The fourth-order valence-corrected chi connectivity index (χ4v) is 2.08. The minimum atomic E-state index is 0.522. The summed E-state index contributed by atoms with van der Waals surface area (Å²) in [4.78, 5) is 1.09. The first-order valence-electron chi connectivity index (χ1n) is 4.31. The molecule has 0 atom stereocenters. The Morgan fingerprint density at radius 1 is 1.38 bits per heavy atom. The summed E-state index contributed by atoms with van der Waals surface area (Å²) in [6.45, 7) is 6.31. The Hall–Kier alpha value is -0.940. The molecule has 1 aromatic carbocycles. The van der Waals surface area contributed by atoms with Crippen molar-refractivity contribution in [2.24, 2.45) is 0 Å². The number of nitrogens with zero attached hydrogens (tertiary/aromatic N) is 1. The Bertz CT molecular complexity index is 336. The Morgan fingerprint density at radius 2 is 2.08 bits per heavy atom. The largest absolute Gasteiger partial charge is 0.192 e. The van der Waals surface area contributed by atoms with Gasteiger partial charge in [0.05, 0.1) is 5.56 Å². The van der Waals surface area contributed by atoms with E-state index in [0.29, 0.717) is 5.25 Å². The highest BCUT2D eigenvalue weighted by Gasteiger charge is 2.04. The van der Waals surface area contributed by atoms with Gasteiger partial charge in [0, 0.05) is 10.1 Å². The van der Waals surface area contributed by atoms with Crippen LogP contribution in [0.1, 0.15) is 25.0 Å². The third kappa shape index (κ3) is 2.78. The maximum absolute atomic E-state index is 8.86. The topological polar surface area (TPSA) is 23.8 Å². The summed E-state index contributed by atoms with van der Waals surface area (Å²) in [6.07, 6.45) is 0. The van der Waals surface area contributed by atoms with Crippen LogP contribution in [0.25, 0.3) is 0 Å². The van der Waals surface area contributed by atoms with Gasteiger partial charge in [0.25, 0.3) is 0 Å². The van der Waals surface area contributed by atoms with Gasteiger partial charge in [0.2, 0.25) is 0 Å². The van der Waals surface area contributed by atoms with E-state index in [1.807, 2.05) is 19.1 Å². The average molecular weight is 191 g/mol. The lowest BCUT2D eigenvalue weighted by Gasteiger charge is -2.07. The van der Waals surface area contributed by atoms with Gasteiger partial charge in [-0.2, -0.15) is 5.26 Å². The fraction of sp³-hybridized carbons (Fsp3) is 0.364. The molecule has 0 aliphatic heterocycles. The summed E-state index contributed by atoms with van der Waals surface area (Å²) in [7, 11) is 0. The molecule has 2 heteroatoms. The standard InChI is InChI=1S/C11H13NS/c1-8(2)13-11-6-9(3)4-5-10(11)7-12/h4-6,8H,1-3H3. The number of nitriles is 1. The van der Waals surface area contributed by atoms with E-state index in [1.165, 1.54) is 5.56 Å². The molecule has 0 amide bonds. The van der Waals surface area contributed by atoms with Crippen LogP contribution in [0.2, 0.25) is 0 Å². The molecule has 0 saturated heterocycles. The van der Waals surface area contributed by atoms with Crippen molar-refractivity contribution in [1.82, 2.24) is 0 Å². The molecule has 0 aliphatic carbocycles. The van der Waals surface area contributed by atoms with Gasteiger partial charge in [0.15, 0.2) is 0 Å². The second-order valence-electron chi connectivity index (χ2n) is 3.28. The lowest BCUT2D eigenvalue weighted by atomic mass is 10.2. The molecule has 1 rings (SSSR count). The first-order valence-corrected chi connectivity index (χ1v) is 5.19. The van der Waals surface area contributed by atoms with E-state index < -0.39 is 0 Å². The fourth-order valence-electron chi connectivity index (χ4n) is 1.07. The van der Waals surface area contributed by atoms with Crippen molar-refractivity contribution in [3.05, 3.63) is 29.3 Å². The molecular formula is C11H13NS. The molecule has 0 radical (unpaired) electrons. The minimum Gasteiger partial charge on any atom is -0.192 e. The quantitative estimate of drug-likeness (QED) is 0.669. The molecule has 13 heavy (non-hydrogen) atoms. The van der Waals surface area contributed by atoms with Crippen LogP contribution in [-0.2, 0) is 0 Å². The van der Waals surface area contributed by atoms with Gasteiger partial charge in [-0.15, -0.1) is 11.8 Å². The number of hydrogen-bond acceptors (Lipinski definition) is 2. The van der Waals surface area contributed by atoms with Crippen LogP contribution in [0, 0.1) is 18.3 Å². The Morgan fingerprint density at radius 3 is 2.62 bits per heavy atom. The number of benzene rings is 1. The van der Waals surface area contributed by atoms with Crippen LogP contribution >= 0.6 is 11.8 Å². The number of hydrogen-bond donors (Lipinski definition) is 0. The predicted molar refractivity (Wildman–Crippen MR) is 56.9 cm³/mol. The molecule has 0 N–H and O–H groups in total. The molecule has 0 bridgehead atoms. The zero-order valence-corrected chi connectivity index (χ0v) is 8.98. The monoisotopic (exact) mass is 191 g/mol. The molecule has 0 spiro atoms. The van der Waals surface area contributed by atoms with Gasteiger partial charge in [-0.05, 0) is 24.6 Å². The highest BCUT2D eigenvalue weighted by atomic mass is 32.2. The van der Waals surface area contributed by atoms with Crippen LogP contribution in [0.5, 0.6) is 0 Å². The van der Waals surface area contributed by atoms with Gasteiger partial charge in [-0.25, -0.2) is 0 Å². The van der Waals surface area contributed by atoms with Crippen LogP contribution in [0.3, 0.4) is 0 Å². The summed E-state index contributed by atoms with van der Waals surface area (Å²) < 4.78 is 0. The lowest BCUT2D eigenvalue weighted by Crippen LogP contribution is -1.89. The third-order valence-electron chi connectivity index (χ3n) is 1.62. The van der Waals surface area contributed by atoms with Gasteiger partial charge in [-0.3, -0.25) is 0 Å². The van der Waals surface area contributed by atoms with E-state index in [0.717, 1.165) is 10.5 Å². The second kappa shape index (κ2) is 4.34. The molecule has 0 aliphatic rings. The van der Waals surface area contributed by atoms with Crippen LogP contribution < -0.4 is 0 Å². The molecule has 1 nitrogen and oxygen atoms in total. The van der Waals surface area contributed by atoms with E-state index in [2.05, 4.69) is 26.0 Å². The third-order valence-corrected chi connectivity index (χ3v) is 2.68. The van der Waals surface area contributed by atoms with E-state index in [9.17, 15) is 0 Å². The van der Waals surface area contributed by atoms with Crippen molar-refractivity contribution >= 4 is 11.8 Å². The summed E-state index contributed by atoms with van der Waals surface area (Å²) in [6, 6.07) is 8.14. The van der Waals surface area contributed by atoms with Crippen LogP contribution in [-0.4, -0.2) is 5.25 Å². The predicted octanol–water partition coefficient (Wildman–Crippen LogP) is 3.37. The summed E-state index contributed by atoms with van der Waals surface area (Å²) in [5.74, 6) is 0. The second-order valence-corrected chi connectivity index (χ2v) is 4.90. The van der Waals surface area contributed by atoms with Crippen LogP contribution in [0.15, 0.2) is 23.1 Å². The van der Waals surface area contributed by atoms with Crippen LogP contribution in [0.4, 0.5) is 0 Å². The SMILES string of the molecule is Cc1ccc(C#N)c(SC(C)C)c1. The molecule has 0 unspecified atom stereocenters. The molecule has 0 heterocycles. The van der Waals surface area contributed by atoms with E-state index >= 15 is 0 Å². The smallest absolute Gasteiger partial charge is 0.100 e. The first-order chi connectivity index (χ1) is 6.13. The van der Waals surface area contributed by atoms with Crippen molar-refractivity contribution in [2.75, 3.05) is 0 Å². The highest BCUT2D eigenvalue weighted by molar-refractivity contribution is 8.00.